The second kappa shape index (κ2) is 6.20. The molecule has 0 saturated carbocycles. The van der Waals surface area contributed by atoms with Crippen molar-refractivity contribution in [1.82, 2.24) is 5.32 Å². The Hall–Kier alpha value is -1.35. The molecule has 1 aliphatic rings. The number of rotatable bonds is 4. The maximum absolute atomic E-state index is 13.0. The topological polar surface area (TPSA) is 32.3 Å². The van der Waals surface area contributed by atoms with Crippen LogP contribution in [0.5, 0.6) is 0 Å². The van der Waals surface area contributed by atoms with Gasteiger partial charge in [-0.2, -0.15) is 0 Å². The van der Waals surface area contributed by atoms with Crippen molar-refractivity contribution in [1.29, 1.82) is 0 Å². The number of carbonyl (C=O) groups excluding carboxylic acids is 1. The Labute approximate surface area is 116 Å². The summed E-state index contributed by atoms with van der Waals surface area (Å²) >= 11 is 0. The van der Waals surface area contributed by atoms with Crippen molar-refractivity contribution in [2.45, 2.75) is 33.1 Å². The Kier molecular flexibility index (Phi) is 4.59. The van der Waals surface area contributed by atoms with Gasteiger partial charge in [-0.3, -0.25) is 4.79 Å². The minimum absolute atomic E-state index is 0.218. The van der Waals surface area contributed by atoms with E-state index in [1.807, 2.05) is 42.2 Å². The maximum atomic E-state index is 13.0. The molecule has 0 bridgehead atoms. The Bertz CT molecular complexity index is 410. The molecule has 2 rings (SSSR count). The summed E-state index contributed by atoms with van der Waals surface area (Å²) in [6.07, 6.45) is 2.99. The molecule has 1 amide bonds. The summed E-state index contributed by atoms with van der Waals surface area (Å²) in [6.45, 7) is 6.75. The fraction of sp³-hybridized carbons (Fsp3) is 0.562. The van der Waals surface area contributed by atoms with Gasteiger partial charge < -0.3 is 10.2 Å². The fourth-order valence-corrected chi connectivity index (χ4v) is 2.94. The van der Waals surface area contributed by atoms with E-state index in [-0.39, 0.29) is 11.3 Å². The van der Waals surface area contributed by atoms with Gasteiger partial charge in [0, 0.05) is 18.8 Å². The van der Waals surface area contributed by atoms with Crippen molar-refractivity contribution in [3.8, 4) is 0 Å². The van der Waals surface area contributed by atoms with Crippen LogP contribution in [-0.2, 0) is 4.79 Å². The van der Waals surface area contributed by atoms with Crippen molar-refractivity contribution in [2.24, 2.45) is 5.41 Å². The number of anilines is 1. The van der Waals surface area contributed by atoms with Crippen molar-refractivity contribution >= 4 is 11.6 Å². The zero-order chi connectivity index (χ0) is 13.7. The first-order chi connectivity index (χ1) is 9.23. The molecule has 0 aliphatic carbocycles. The standard InChI is InChI=1S/C16H24N2O/c1-3-16(11-8-12-17-13-16)15(19)18(4-2)14-9-6-5-7-10-14/h5-7,9-10,17H,3-4,8,11-13H2,1-2H3. The first-order valence-electron chi connectivity index (χ1n) is 7.31. The van der Waals surface area contributed by atoms with E-state index in [9.17, 15) is 4.79 Å². The van der Waals surface area contributed by atoms with E-state index >= 15 is 0 Å². The lowest BCUT2D eigenvalue weighted by Gasteiger charge is -2.39. The summed E-state index contributed by atoms with van der Waals surface area (Å²) in [7, 11) is 0. The van der Waals surface area contributed by atoms with Crippen LogP contribution in [0.4, 0.5) is 5.69 Å². The Balaban J connectivity index is 2.24. The quantitative estimate of drug-likeness (QED) is 0.903. The SMILES string of the molecule is CCN(C(=O)C1(CC)CCCNC1)c1ccccc1. The number of benzene rings is 1. The van der Waals surface area contributed by atoms with Gasteiger partial charge in [0.2, 0.25) is 5.91 Å². The summed E-state index contributed by atoms with van der Waals surface area (Å²) in [5.41, 5.74) is 0.790. The summed E-state index contributed by atoms with van der Waals surface area (Å²) in [5.74, 6) is 0.274. The molecule has 104 valence electrons. The summed E-state index contributed by atoms with van der Waals surface area (Å²) in [6, 6.07) is 9.99. The number of para-hydroxylation sites is 1. The van der Waals surface area contributed by atoms with Gasteiger partial charge in [-0.25, -0.2) is 0 Å². The average molecular weight is 260 g/mol. The predicted molar refractivity (Wildman–Crippen MR) is 79.3 cm³/mol. The zero-order valence-electron chi connectivity index (χ0n) is 12.0. The number of nitrogens with zero attached hydrogens (tertiary/aromatic N) is 1. The van der Waals surface area contributed by atoms with E-state index < -0.39 is 0 Å². The van der Waals surface area contributed by atoms with Crippen LogP contribution in [-0.4, -0.2) is 25.5 Å². The molecule has 0 spiro atoms. The highest BCUT2D eigenvalue weighted by Gasteiger charge is 2.40. The molecule has 1 heterocycles. The van der Waals surface area contributed by atoms with Crippen molar-refractivity contribution in [2.75, 3.05) is 24.5 Å². The van der Waals surface area contributed by atoms with Gasteiger partial charge in [0.25, 0.3) is 0 Å². The molecule has 1 atom stereocenters. The van der Waals surface area contributed by atoms with Gasteiger partial charge in [-0.1, -0.05) is 25.1 Å². The molecule has 1 fully saturated rings. The van der Waals surface area contributed by atoms with Gasteiger partial charge in [-0.15, -0.1) is 0 Å². The molecule has 0 radical (unpaired) electrons. The van der Waals surface area contributed by atoms with Crippen molar-refractivity contribution in [3.05, 3.63) is 30.3 Å². The molecule has 1 aromatic rings. The zero-order valence-corrected chi connectivity index (χ0v) is 12.0. The second-order valence-electron chi connectivity index (χ2n) is 5.30. The van der Waals surface area contributed by atoms with Crippen LogP contribution in [0, 0.1) is 5.41 Å². The number of hydrogen-bond donors (Lipinski definition) is 1. The minimum Gasteiger partial charge on any atom is -0.316 e. The lowest BCUT2D eigenvalue weighted by molar-refractivity contribution is -0.129. The summed E-state index contributed by atoms with van der Waals surface area (Å²) < 4.78 is 0. The number of carbonyl (C=O) groups is 1. The molecular formula is C16H24N2O. The highest BCUT2D eigenvalue weighted by Crippen LogP contribution is 2.33. The fourth-order valence-electron chi connectivity index (χ4n) is 2.94. The van der Waals surface area contributed by atoms with E-state index in [2.05, 4.69) is 12.2 Å². The number of nitrogens with one attached hydrogen (secondary N) is 1. The molecule has 1 aliphatic heterocycles. The number of amides is 1. The summed E-state index contributed by atoms with van der Waals surface area (Å²) in [4.78, 5) is 14.9. The predicted octanol–water partition coefficient (Wildman–Crippen LogP) is 2.82. The molecule has 19 heavy (non-hydrogen) atoms. The first-order valence-corrected chi connectivity index (χ1v) is 7.31. The Morgan fingerprint density at radius 1 is 1.32 bits per heavy atom. The highest BCUT2D eigenvalue weighted by atomic mass is 16.2. The van der Waals surface area contributed by atoms with Crippen molar-refractivity contribution in [3.63, 3.8) is 0 Å². The Morgan fingerprint density at radius 2 is 2.05 bits per heavy atom. The average Bonchev–Trinajstić information content (AvgIpc) is 2.49. The van der Waals surface area contributed by atoms with E-state index in [1.54, 1.807) is 0 Å². The second-order valence-corrected chi connectivity index (χ2v) is 5.30. The molecule has 0 aromatic heterocycles. The van der Waals surface area contributed by atoms with Gasteiger partial charge >= 0.3 is 0 Å². The lowest BCUT2D eigenvalue weighted by Crippen LogP contribution is -2.51. The molecule has 3 heteroatoms. The third-order valence-corrected chi connectivity index (χ3v) is 4.23. The van der Waals surface area contributed by atoms with Crippen LogP contribution in [0.15, 0.2) is 30.3 Å². The minimum atomic E-state index is -0.218. The summed E-state index contributed by atoms with van der Waals surface area (Å²) in [5, 5.41) is 3.39. The van der Waals surface area contributed by atoms with Crippen LogP contribution in [0.3, 0.4) is 0 Å². The Morgan fingerprint density at radius 3 is 2.58 bits per heavy atom. The number of piperidine rings is 1. The smallest absolute Gasteiger partial charge is 0.234 e. The van der Waals surface area contributed by atoms with Crippen LogP contribution >= 0.6 is 0 Å². The van der Waals surface area contributed by atoms with E-state index in [0.717, 1.165) is 44.6 Å². The van der Waals surface area contributed by atoms with E-state index in [0.29, 0.717) is 0 Å². The van der Waals surface area contributed by atoms with Crippen LogP contribution < -0.4 is 10.2 Å². The lowest BCUT2D eigenvalue weighted by atomic mass is 9.77. The normalized spacial score (nSPS) is 23.1. The van der Waals surface area contributed by atoms with Crippen LogP contribution in [0.1, 0.15) is 33.1 Å². The number of hydrogen-bond acceptors (Lipinski definition) is 2. The van der Waals surface area contributed by atoms with E-state index in [4.69, 9.17) is 0 Å². The monoisotopic (exact) mass is 260 g/mol. The molecule has 3 nitrogen and oxygen atoms in total. The van der Waals surface area contributed by atoms with Crippen LogP contribution in [0.2, 0.25) is 0 Å². The molecule has 1 N–H and O–H groups in total. The first kappa shape index (κ1) is 14.1. The highest BCUT2D eigenvalue weighted by molar-refractivity contribution is 5.97. The molecule has 1 saturated heterocycles. The molecular weight excluding hydrogens is 236 g/mol. The third kappa shape index (κ3) is 2.81. The van der Waals surface area contributed by atoms with Gasteiger partial charge in [0.15, 0.2) is 0 Å². The third-order valence-electron chi connectivity index (χ3n) is 4.23. The largest absolute Gasteiger partial charge is 0.316 e. The van der Waals surface area contributed by atoms with Gasteiger partial charge in [0.1, 0.15) is 0 Å². The van der Waals surface area contributed by atoms with Gasteiger partial charge in [0.05, 0.1) is 5.41 Å². The van der Waals surface area contributed by atoms with Crippen LogP contribution in [0.25, 0.3) is 0 Å². The van der Waals surface area contributed by atoms with E-state index in [1.165, 1.54) is 0 Å². The van der Waals surface area contributed by atoms with Gasteiger partial charge in [-0.05, 0) is 44.9 Å². The maximum Gasteiger partial charge on any atom is 0.234 e. The van der Waals surface area contributed by atoms with Crippen molar-refractivity contribution < 1.29 is 4.79 Å². The molecule has 1 aromatic carbocycles. The molecule has 1 unspecified atom stereocenters.